The molecule has 6 heteroatoms. The zero-order chi connectivity index (χ0) is 18.1. The molecule has 1 heterocycles. The maximum atomic E-state index is 13.0. The van der Waals surface area contributed by atoms with Gasteiger partial charge in [-0.2, -0.15) is 0 Å². The lowest BCUT2D eigenvalue weighted by Crippen LogP contribution is -2.23. The quantitative estimate of drug-likeness (QED) is 0.686. The van der Waals surface area contributed by atoms with Gasteiger partial charge in [-0.25, -0.2) is 0 Å². The minimum Gasteiger partial charge on any atom is -0.399 e. The van der Waals surface area contributed by atoms with Crippen molar-refractivity contribution in [2.45, 2.75) is 46.6 Å². The Kier molecular flexibility index (Phi) is 4.61. The van der Waals surface area contributed by atoms with E-state index >= 15 is 0 Å². The topological polar surface area (TPSA) is 76.4 Å². The van der Waals surface area contributed by atoms with Crippen LogP contribution in [0.25, 0.3) is 0 Å². The van der Waals surface area contributed by atoms with Crippen LogP contribution < -0.4 is 5.56 Å². The van der Waals surface area contributed by atoms with Gasteiger partial charge in [0.2, 0.25) is 0 Å². The van der Waals surface area contributed by atoms with Crippen molar-refractivity contribution in [3.05, 3.63) is 56.0 Å². The van der Waals surface area contributed by atoms with Gasteiger partial charge in [0.25, 0.3) is 5.56 Å². The minimum atomic E-state index is -0.284. The number of hydrogen-bond donors (Lipinski definition) is 1. The smallest absolute Gasteiger partial charge is 0.277 e. The average Bonchev–Trinajstić information content (AvgIpc) is 2.98. The third kappa shape index (κ3) is 2.81. The first-order valence-corrected chi connectivity index (χ1v) is 8.56. The minimum absolute atomic E-state index is 0.172. The monoisotopic (exact) mass is 341 g/mol. The standard InChI is InChI=1S/C19H23N3O3/c1-5-22-19(24)15(10-20-22)18(23)14-9-11(2)13-7-6-8-16(21-25-4)17(13)12(14)3/h9-10,20H,5-8H2,1-4H3/b21-16-. The Morgan fingerprint density at radius 1 is 1.32 bits per heavy atom. The van der Waals surface area contributed by atoms with Gasteiger partial charge < -0.3 is 9.94 Å². The van der Waals surface area contributed by atoms with Gasteiger partial charge >= 0.3 is 0 Å². The number of nitrogens with one attached hydrogen (secondary N) is 1. The Labute approximate surface area is 146 Å². The van der Waals surface area contributed by atoms with Gasteiger partial charge in [0, 0.05) is 23.9 Å². The van der Waals surface area contributed by atoms with Crippen LogP contribution >= 0.6 is 0 Å². The molecule has 0 radical (unpaired) electrons. The highest BCUT2D eigenvalue weighted by atomic mass is 16.6. The molecule has 25 heavy (non-hydrogen) atoms. The van der Waals surface area contributed by atoms with Crippen LogP contribution in [-0.4, -0.2) is 28.4 Å². The van der Waals surface area contributed by atoms with Crippen molar-refractivity contribution in [3.8, 4) is 0 Å². The molecule has 0 fully saturated rings. The lowest BCUT2D eigenvalue weighted by atomic mass is 9.81. The number of carbonyl (C=O) groups excluding carboxylic acids is 1. The van der Waals surface area contributed by atoms with Crippen molar-refractivity contribution in [1.29, 1.82) is 0 Å². The van der Waals surface area contributed by atoms with Crippen molar-refractivity contribution < 1.29 is 9.63 Å². The van der Waals surface area contributed by atoms with Crippen molar-refractivity contribution in [1.82, 2.24) is 9.78 Å². The largest absolute Gasteiger partial charge is 0.399 e. The number of aryl methyl sites for hydroxylation is 2. The van der Waals surface area contributed by atoms with E-state index in [1.807, 2.05) is 26.8 Å². The molecular formula is C19H23N3O3. The Bertz CT molecular complexity index is 919. The first kappa shape index (κ1) is 17.2. The van der Waals surface area contributed by atoms with Crippen LogP contribution in [0.4, 0.5) is 0 Å². The van der Waals surface area contributed by atoms with Crippen molar-refractivity contribution in [3.63, 3.8) is 0 Å². The van der Waals surface area contributed by atoms with Crippen LogP contribution in [0, 0.1) is 13.8 Å². The molecule has 132 valence electrons. The number of aromatic amines is 1. The van der Waals surface area contributed by atoms with E-state index in [1.54, 1.807) is 0 Å². The van der Waals surface area contributed by atoms with Crippen molar-refractivity contribution in [2.24, 2.45) is 5.16 Å². The highest BCUT2D eigenvalue weighted by molar-refractivity contribution is 6.13. The summed E-state index contributed by atoms with van der Waals surface area (Å²) in [6.45, 7) is 6.28. The number of aromatic nitrogens is 2. The second kappa shape index (κ2) is 6.70. The molecule has 0 saturated heterocycles. The van der Waals surface area contributed by atoms with E-state index in [1.165, 1.54) is 23.6 Å². The number of H-pyrrole nitrogens is 1. The first-order valence-electron chi connectivity index (χ1n) is 8.56. The Morgan fingerprint density at radius 2 is 2.08 bits per heavy atom. The Morgan fingerprint density at radius 3 is 2.72 bits per heavy atom. The van der Waals surface area contributed by atoms with Crippen molar-refractivity contribution >= 4 is 11.5 Å². The molecule has 6 nitrogen and oxygen atoms in total. The highest BCUT2D eigenvalue weighted by Crippen LogP contribution is 2.31. The number of nitrogens with zero attached hydrogens (tertiary/aromatic N) is 2. The Balaban J connectivity index is 2.18. The molecule has 1 aromatic carbocycles. The van der Waals surface area contributed by atoms with Gasteiger partial charge in [-0.1, -0.05) is 5.16 Å². The van der Waals surface area contributed by atoms with Gasteiger partial charge in [0.05, 0.1) is 5.71 Å². The lowest BCUT2D eigenvalue weighted by molar-refractivity contribution is 0.103. The number of fused-ring (bicyclic) bond motifs is 1. The van der Waals surface area contributed by atoms with E-state index in [0.717, 1.165) is 41.7 Å². The molecule has 1 aliphatic carbocycles. The van der Waals surface area contributed by atoms with Gasteiger partial charge in [-0.05, 0) is 62.8 Å². The molecule has 0 bridgehead atoms. The number of carbonyl (C=O) groups is 1. The fourth-order valence-corrected chi connectivity index (χ4v) is 3.63. The molecule has 1 aromatic heterocycles. The summed E-state index contributed by atoms with van der Waals surface area (Å²) < 4.78 is 1.42. The van der Waals surface area contributed by atoms with Gasteiger partial charge in [-0.3, -0.25) is 14.3 Å². The van der Waals surface area contributed by atoms with Gasteiger partial charge in [-0.15, -0.1) is 0 Å². The molecule has 1 aliphatic rings. The summed E-state index contributed by atoms with van der Waals surface area (Å²) in [7, 11) is 1.53. The van der Waals surface area contributed by atoms with Crippen LogP contribution in [0.15, 0.2) is 22.2 Å². The summed E-state index contributed by atoms with van der Waals surface area (Å²) in [4.78, 5) is 30.3. The molecule has 3 rings (SSSR count). The zero-order valence-corrected chi connectivity index (χ0v) is 15.1. The van der Waals surface area contributed by atoms with E-state index in [4.69, 9.17) is 4.84 Å². The van der Waals surface area contributed by atoms with Crippen LogP contribution in [-0.2, 0) is 17.8 Å². The van der Waals surface area contributed by atoms with E-state index in [0.29, 0.717) is 12.1 Å². The highest BCUT2D eigenvalue weighted by Gasteiger charge is 2.26. The number of benzene rings is 1. The van der Waals surface area contributed by atoms with E-state index in [9.17, 15) is 9.59 Å². The van der Waals surface area contributed by atoms with E-state index in [2.05, 4.69) is 10.3 Å². The molecule has 0 atom stereocenters. The summed E-state index contributed by atoms with van der Waals surface area (Å²) in [6.07, 6.45) is 4.30. The summed E-state index contributed by atoms with van der Waals surface area (Å²) in [6, 6.07) is 1.90. The third-order valence-corrected chi connectivity index (χ3v) is 4.89. The molecule has 2 aromatic rings. The summed E-state index contributed by atoms with van der Waals surface area (Å²) >= 11 is 0. The Hall–Kier alpha value is -2.63. The lowest BCUT2D eigenvalue weighted by Gasteiger charge is -2.23. The maximum absolute atomic E-state index is 13.0. The zero-order valence-electron chi connectivity index (χ0n) is 15.1. The van der Waals surface area contributed by atoms with Gasteiger partial charge in [0.1, 0.15) is 12.7 Å². The second-order valence-electron chi connectivity index (χ2n) is 6.36. The number of rotatable bonds is 4. The maximum Gasteiger partial charge on any atom is 0.277 e. The normalized spacial score (nSPS) is 15.3. The molecule has 0 saturated carbocycles. The first-order chi connectivity index (χ1) is 12.0. The molecule has 0 aliphatic heterocycles. The number of ketones is 1. The van der Waals surface area contributed by atoms with Crippen LogP contribution in [0.2, 0.25) is 0 Å². The summed E-state index contributed by atoms with van der Waals surface area (Å²) in [5.74, 6) is -0.251. The molecule has 1 N–H and O–H groups in total. The second-order valence-corrected chi connectivity index (χ2v) is 6.36. The molecular weight excluding hydrogens is 318 g/mol. The summed E-state index contributed by atoms with van der Waals surface area (Å²) in [5, 5.41) is 7.01. The molecule has 0 unspecified atom stereocenters. The summed E-state index contributed by atoms with van der Waals surface area (Å²) in [5.41, 5.74) is 5.46. The predicted molar refractivity (Wildman–Crippen MR) is 96.6 cm³/mol. The van der Waals surface area contributed by atoms with Crippen LogP contribution in [0.5, 0.6) is 0 Å². The van der Waals surface area contributed by atoms with E-state index in [-0.39, 0.29) is 16.9 Å². The predicted octanol–water partition coefficient (Wildman–Crippen LogP) is 2.73. The third-order valence-electron chi connectivity index (χ3n) is 4.89. The molecule has 0 spiro atoms. The number of oxime groups is 1. The SMILES string of the molecule is CCn1[nH]cc(C(=O)c2cc(C)c3c(c2C)/C(=N\OC)CCC3)c1=O. The van der Waals surface area contributed by atoms with Crippen LogP contribution in [0.1, 0.15) is 57.9 Å². The van der Waals surface area contributed by atoms with Crippen molar-refractivity contribution in [2.75, 3.05) is 7.11 Å². The van der Waals surface area contributed by atoms with Gasteiger partial charge in [0.15, 0.2) is 5.78 Å². The number of hydrogen-bond acceptors (Lipinski definition) is 4. The molecule has 0 amide bonds. The fourth-order valence-electron chi connectivity index (χ4n) is 3.63. The average molecular weight is 341 g/mol. The van der Waals surface area contributed by atoms with Crippen LogP contribution in [0.3, 0.4) is 0 Å². The fraction of sp³-hybridized carbons (Fsp3) is 0.421. The van der Waals surface area contributed by atoms with E-state index < -0.39 is 0 Å².